The van der Waals surface area contributed by atoms with Crippen molar-refractivity contribution >= 4 is 11.7 Å². The largest absolute Gasteiger partial charge is 0.356 e. The average Bonchev–Trinajstić information content (AvgIpc) is 3.21. The molecule has 0 saturated carbocycles. The molecule has 0 N–H and O–H groups in total. The summed E-state index contributed by atoms with van der Waals surface area (Å²) >= 11 is 0. The molecule has 2 fully saturated rings. The summed E-state index contributed by atoms with van der Waals surface area (Å²) < 4.78 is 1.65. The fraction of sp³-hybridized carbons (Fsp3) is 0.500. The molecule has 7 nitrogen and oxygen atoms in total. The van der Waals surface area contributed by atoms with Gasteiger partial charge in [0, 0.05) is 63.0 Å². The second kappa shape index (κ2) is 5.33. The van der Waals surface area contributed by atoms with Crippen LogP contribution in [0.5, 0.6) is 0 Å². The lowest BCUT2D eigenvalue weighted by Crippen LogP contribution is -2.34. The van der Waals surface area contributed by atoms with Gasteiger partial charge < -0.3 is 9.80 Å². The third kappa shape index (κ3) is 2.36. The smallest absolute Gasteiger partial charge is 0.272 e. The molecule has 2 aliphatic heterocycles. The van der Waals surface area contributed by atoms with Crippen LogP contribution in [0.1, 0.15) is 16.1 Å². The molecule has 120 valence electrons. The van der Waals surface area contributed by atoms with Gasteiger partial charge in [0.2, 0.25) is 0 Å². The molecule has 0 spiro atoms. The average molecular weight is 312 g/mol. The van der Waals surface area contributed by atoms with Crippen LogP contribution < -0.4 is 4.90 Å². The zero-order valence-corrected chi connectivity index (χ0v) is 13.4. The zero-order chi connectivity index (χ0) is 16.0. The third-order valence-electron chi connectivity index (χ3n) is 4.98. The summed E-state index contributed by atoms with van der Waals surface area (Å²) in [6.45, 7) is 5.58. The van der Waals surface area contributed by atoms with E-state index < -0.39 is 0 Å². The Morgan fingerprint density at radius 3 is 2.57 bits per heavy atom. The first-order valence-electron chi connectivity index (χ1n) is 7.92. The standard InChI is InChI=1S/C16H20N6O/c1-11-5-17-10-18-15(11)21-6-12-8-22(9-13(12)7-21)16(23)14-3-4-19-20(14)2/h3-5,10,12-13H,6-9H2,1-2H3. The molecule has 0 bridgehead atoms. The summed E-state index contributed by atoms with van der Waals surface area (Å²) in [7, 11) is 1.81. The molecule has 2 aromatic rings. The predicted octanol–water partition coefficient (Wildman–Crippen LogP) is 0.727. The maximum absolute atomic E-state index is 12.6. The predicted molar refractivity (Wildman–Crippen MR) is 85.1 cm³/mol. The van der Waals surface area contributed by atoms with Crippen molar-refractivity contribution < 1.29 is 4.79 Å². The third-order valence-corrected chi connectivity index (χ3v) is 4.98. The van der Waals surface area contributed by atoms with E-state index >= 15 is 0 Å². The van der Waals surface area contributed by atoms with Crippen LogP contribution in [-0.4, -0.2) is 56.7 Å². The number of hydrogen-bond donors (Lipinski definition) is 0. The van der Waals surface area contributed by atoms with Gasteiger partial charge in [0.1, 0.15) is 17.8 Å². The molecule has 7 heteroatoms. The number of nitrogens with zero attached hydrogens (tertiary/aromatic N) is 6. The van der Waals surface area contributed by atoms with Gasteiger partial charge in [-0.3, -0.25) is 9.48 Å². The molecule has 1 amide bonds. The van der Waals surface area contributed by atoms with E-state index in [1.54, 1.807) is 23.3 Å². The summed E-state index contributed by atoms with van der Waals surface area (Å²) in [5, 5.41) is 4.09. The minimum absolute atomic E-state index is 0.0872. The van der Waals surface area contributed by atoms with Crippen LogP contribution in [0.25, 0.3) is 0 Å². The summed E-state index contributed by atoms with van der Waals surface area (Å²) in [6.07, 6.45) is 5.13. The highest BCUT2D eigenvalue weighted by Gasteiger charge is 2.42. The molecule has 2 unspecified atom stereocenters. The normalized spacial score (nSPS) is 23.4. The first kappa shape index (κ1) is 14.2. The van der Waals surface area contributed by atoms with E-state index in [1.165, 1.54) is 0 Å². The molecular weight excluding hydrogens is 292 g/mol. The van der Waals surface area contributed by atoms with Crippen LogP contribution >= 0.6 is 0 Å². The number of likely N-dealkylation sites (tertiary alicyclic amines) is 1. The number of aromatic nitrogens is 4. The summed E-state index contributed by atoms with van der Waals surface area (Å²) in [5.74, 6) is 2.14. The van der Waals surface area contributed by atoms with Crippen LogP contribution in [0.3, 0.4) is 0 Å². The second-order valence-electron chi connectivity index (χ2n) is 6.50. The Labute approximate surface area is 134 Å². The summed E-state index contributed by atoms with van der Waals surface area (Å²) in [6, 6.07) is 1.78. The molecule has 0 radical (unpaired) electrons. The van der Waals surface area contributed by atoms with Crippen LogP contribution in [0.15, 0.2) is 24.8 Å². The second-order valence-corrected chi connectivity index (χ2v) is 6.50. The lowest BCUT2D eigenvalue weighted by Gasteiger charge is -2.23. The lowest BCUT2D eigenvalue weighted by molar-refractivity contribution is 0.0771. The highest BCUT2D eigenvalue weighted by atomic mass is 16.2. The van der Waals surface area contributed by atoms with Crippen LogP contribution in [-0.2, 0) is 7.05 Å². The highest BCUT2D eigenvalue weighted by Crippen LogP contribution is 2.34. The van der Waals surface area contributed by atoms with Gasteiger partial charge in [-0.1, -0.05) is 0 Å². The van der Waals surface area contributed by atoms with E-state index in [-0.39, 0.29) is 5.91 Å². The van der Waals surface area contributed by atoms with Gasteiger partial charge in [-0.15, -0.1) is 0 Å². The van der Waals surface area contributed by atoms with E-state index in [1.807, 2.05) is 25.1 Å². The molecule has 2 saturated heterocycles. The van der Waals surface area contributed by atoms with Crippen molar-refractivity contribution in [3.05, 3.63) is 36.0 Å². The van der Waals surface area contributed by atoms with Gasteiger partial charge in [-0.05, 0) is 13.0 Å². The molecule has 2 aromatic heterocycles. The summed E-state index contributed by atoms with van der Waals surface area (Å²) in [4.78, 5) is 25.4. The Kier molecular flexibility index (Phi) is 3.28. The van der Waals surface area contributed by atoms with Crippen molar-refractivity contribution in [3.63, 3.8) is 0 Å². The number of rotatable bonds is 2. The number of aryl methyl sites for hydroxylation is 2. The Morgan fingerprint density at radius 2 is 1.96 bits per heavy atom. The SMILES string of the molecule is Cc1cncnc1N1CC2CN(C(=O)c3ccnn3C)CC2C1. The quantitative estimate of drug-likeness (QED) is 0.818. The van der Waals surface area contributed by atoms with E-state index in [4.69, 9.17) is 0 Å². The first-order valence-corrected chi connectivity index (χ1v) is 7.92. The highest BCUT2D eigenvalue weighted by molar-refractivity contribution is 5.92. The molecule has 2 atom stereocenters. The van der Waals surface area contributed by atoms with Crippen molar-refractivity contribution in [2.45, 2.75) is 6.92 Å². The van der Waals surface area contributed by atoms with E-state index in [9.17, 15) is 4.79 Å². The molecule has 2 aliphatic rings. The van der Waals surface area contributed by atoms with Crippen molar-refractivity contribution in [2.75, 3.05) is 31.1 Å². The Morgan fingerprint density at radius 1 is 1.22 bits per heavy atom. The number of fused-ring (bicyclic) bond motifs is 1. The number of anilines is 1. The van der Waals surface area contributed by atoms with Gasteiger partial charge in [0.25, 0.3) is 5.91 Å². The number of hydrogen-bond acceptors (Lipinski definition) is 5. The van der Waals surface area contributed by atoms with Crippen molar-refractivity contribution in [1.29, 1.82) is 0 Å². The zero-order valence-electron chi connectivity index (χ0n) is 13.4. The molecule has 23 heavy (non-hydrogen) atoms. The van der Waals surface area contributed by atoms with E-state index in [0.29, 0.717) is 17.5 Å². The molecule has 0 aromatic carbocycles. The Hall–Kier alpha value is -2.44. The van der Waals surface area contributed by atoms with Crippen LogP contribution in [0, 0.1) is 18.8 Å². The van der Waals surface area contributed by atoms with Crippen molar-refractivity contribution in [1.82, 2.24) is 24.6 Å². The van der Waals surface area contributed by atoms with Gasteiger partial charge in [-0.25, -0.2) is 9.97 Å². The Bertz CT molecular complexity index is 728. The molecular formula is C16H20N6O. The van der Waals surface area contributed by atoms with Gasteiger partial charge in [-0.2, -0.15) is 5.10 Å². The fourth-order valence-electron chi connectivity index (χ4n) is 3.80. The fourth-order valence-corrected chi connectivity index (χ4v) is 3.80. The lowest BCUT2D eigenvalue weighted by atomic mass is 10.0. The molecule has 0 aliphatic carbocycles. The summed E-state index contributed by atoms with van der Waals surface area (Å²) in [5.41, 5.74) is 1.77. The monoisotopic (exact) mass is 312 g/mol. The minimum Gasteiger partial charge on any atom is -0.356 e. The number of amides is 1. The number of carbonyl (C=O) groups is 1. The van der Waals surface area contributed by atoms with Gasteiger partial charge in [0.05, 0.1) is 0 Å². The maximum atomic E-state index is 12.6. The van der Waals surface area contributed by atoms with Crippen molar-refractivity contribution in [3.8, 4) is 0 Å². The van der Waals surface area contributed by atoms with E-state index in [0.717, 1.165) is 37.6 Å². The molecule has 4 rings (SSSR count). The number of carbonyl (C=O) groups excluding carboxylic acids is 1. The topological polar surface area (TPSA) is 67.2 Å². The van der Waals surface area contributed by atoms with Gasteiger partial charge >= 0.3 is 0 Å². The molecule has 4 heterocycles. The first-order chi connectivity index (χ1) is 11.1. The maximum Gasteiger partial charge on any atom is 0.272 e. The van der Waals surface area contributed by atoms with Crippen LogP contribution in [0.4, 0.5) is 5.82 Å². The van der Waals surface area contributed by atoms with Crippen LogP contribution in [0.2, 0.25) is 0 Å². The minimum atomic E-state index is 0.0872. The van der Waals surface area contributed by atoms with Crippen molar-refractivity contribution in [2.24, 2.45) is 18.9 Å². The van der Waals surface area contributed by atoms with Gasteiger partial charge in [0.15, 0.2) is 0 Å². The Balaban J connectivity index is 1.45. The van der Waals surface area contributed by atoms with E-state index in [2.05, 4.69) is 20.0 Å².